The number of nitrogen functional groups attached to an aromatic ring is 1. The number of aromatic amines is 1. The molecule has 4 N–H and O–H groups in total. The molecule has 0 spiro atoms. The van der Waals surface area contributed by atoms with Crippen LogP contribution in [0.3, 0.4) is 0 Å². The summed E-state index contributed by atoms with van der Waals surface area (Å²) in [5.74, 6) is 0.793. The highest BCUT2D eigenvalue weighted by atomic mass is 16.5. The molecule has 3 rings (SSSR count). The zero-order valence-electron chi connectivity index (χ0n) is 9.57. The molecule has 17 heavy (non-hydrogen) atoms. The lowest BCUT2D eigenvalue weighted by Gasteiger charge is -2.22. The van der Waals surface area contributed by atoms with E-state index < -0.39 is 0 Å². The van der Waals surface area contributed by atoms with Crippen molar-refractivity contribution in [3.8, 4) is 0 Å². The predicted molar refractivity (Wildman–Crippen MR) is 68.0 cm³/mol. The van der Waals surface area contributed by atoms with Gasteiger partial charge in [-0.1, -0.05) is 0 Å². The van der Waals surface area contributed by atoms with Gasteiger partial charge in [0.1, 0.15) is 0 Å². The van der Waals surface area contributed by atoms with Crippen LogP contribution in [0.15, 0.2) is 18.2 Å². The minimum atomic E-state index is 0.349. The molecule has 0 bridgehead atoms. The minimum absolute atomic E-state index is 0.349. The lowest BCUT2D eigenvalue weighted by molar-refractivity contribution is 0.0874. The Balaban J connectivity index is 1.80. The van der Waals surface area contributed by atoms with Crippen LogP contribution >= 0.6 is 0 Å². The molecule has 2 aromatic rings. The molecule has 1 unspecified atom stereocenters. The quantitative estimate of drug-likeness (QED) is 0.689. The fourth-order valence-electron chi connectivity index (χ4n) is 2.14. The Morgan fingerprint density at radius 1 is 1.47 bits per heavy atom. The maximum absolute atomic E-state index is 5.73. The molecule has 90 valence electrons. The Morgan fingerprint density at radius 3 is 3.24 bits per heavy atom. The monoisotopic (exact) mass is 232 g/mol. The maximum Gasteiger partial charge on any atom is 0.201 e. The van der Waals surface area contributed by atoms with Crippen molar-refractivity contribution in [3.05, 3.63) is 18.2 Å². The fraction of sp³-hybridized carbons (Fsp3) is 0.417. The third-order valence-corrected chi connectivity index (χ3v) is 3.01. The first-order valence-corrected chi connectivity index (χ1v) is 5.91. The molecule has 5 nitrogen and oxygen atoms in total. The molecule has 1 aliphatic rings. The molecule has 0 radical (unpaired) electrons. The van der Waals surface area contributed by atoms with Crippen LogP contribution in [-0.4, -0.2) is 29.2 Å². The van der Waals surface area contributed by atoms with Crippen molar-refractivity contribution >= 4 is 22.7 Å². The van der Waals surface area contributed by atoms with Gasteiger partial charge in [0, 0.05) is 12.3 Å². The van der Waals surface area contributed by atoms with Gasteiger partial charge in [-0.3, -0.25) is 0 Å². The van der Waals surface area contributed by atoms with Crippen LogP contribution < -0.4 is 11.1 Å². The second-order valence-corrected chi connectivity index (χ2v) is 4.42. The lowest BCUT2D eigenvalue weighted by atomic mass is 10.1. The lowest BCUT2D eigenvalue weighted by Crippen LogP contribution is -2.30. The Morgan fingerprint density at radius 2 is 2.41 bits per heavy atom. The van der Waals surface area contributed by atoms with E-state index in [1.54, 1.807) is 0 Å². The standard InChI is InChI=1S/C12H16N4O/c13-8-3-4-10-11(6-8)16-12(15-10)14-9-2-1-5-17-7-9/h3-4,6,9H,1-2,5,7,13H2,(H2,14,15,16). The van der Waals surface area contributed by atoms with Crippen LogP contribution in [0.25, 0.3) is 11.0 Å². The molecule has 1 aromatic heterocycles. The summed E-state index contributed by atoms with van der Waals surface area (Å²) in [5, 5.41) is 3.36. The summed E-state index contributed by atoms with van der Waals surface area (Å²) in [6.45, 7) is 1.62. The molecule has 0 amide bonds. The molecular formula is C12H16N4O. The summed E-state index contributed by atoms with van der Waals surface area (Å²) in [6, 6.07) is 6.02. The molecule has 1 saturated heterocycles. The molecular weight excluding hydrogens is 216 g/mol. The van der Waals surface area contributed by atoms with Crippen LogP contribution in [0, 0.1) is 0 Å². The number of imidazole rings is 1. The number of anilines is 2. The van der Waals surface area contributed by atoms with Crippen molar-refractivity contribution in [1.29, 1.82) is 0 Å². The first kappa shape index (κ1) is 10.4. The van der Waals surface area contributed by atoms with E-state index in [9.17, 15) is 0 Å². The molecule has 1 fully saturated rings. The number of nitrogens with two attached hydrogens (primary N) is 1. The zero-order chi connectivity index (χ0) is 11.7. The predicted octanol–water partition coefficient (Wildman–Crippen LogP) is 1.74. The van der Waals surface area contributed by atoms with Crippen LogP contribution in [0.5, 0.6) is 0 Å². The number of benzene rings is 1. The molecule has 0 aliphatic carbocycles. The first-order valence-electron chi connectivity index (χ1n) is 5.91. The molecule has 1 aromatic carbocycles. The van der Waals surface area contributed by atoms with E-state index in [2.05, 4.69) is 15.3 Å². The van der Waals surface area contributed by atoms with Crippen LogP contribution in [0.2, 0.25) is 0 Å². The van der Waals surface area contributed by atoms with Crippen LogP contribution in [-0.2, 0) is 4.74 Å². The summed E-state index contributed by atoms with van der Waals surface area (Å²) < 4.78 is 5.42. The number of aromatic nitrogens is 2. The van der Waals surface area contributed by atoms with Gasteiger partial charge in [0.25, 0.3) is 0 Å². The third-order valence-electron chi connectivity index (χ3n) is 3.01. The number of ether oxygens (including phenoxy) is 1. The number of hydrogen-bond donors (Lipinski definition) is 3. The Kier molecular flexibility index (Phi) is 2.60. The Hall–Kier alpha value is -1.75. The van der Waals surface area contributed by atoms with E-state index in [0.29, 0.717) is 6.04 Å². The Bertz CT molecular complexity index is 516. The van der Waals surface area contributed by atoms with Gasteiger partial charge in [0.2, 0.25) is 5.95 Å². The summed E-state index contributed by atoms with van der Waals surface area (Å²) >= 11 is 0. The molecule has 0 saturated carbocycles. The summed E-state index contributed by atoms with van der Waals surface area (Å²) in [5.41, 5.74) is 8.36. The summed E-state index contributed by atoms with van der Waals surface area (Å²) in [6.07, 6.45) is 2.23. The molecule has 2 heterocycles. The molecule has 1 atom stereocenters. The van der Waals surface area contributed by atoms with Gasteiger partial charge in [-0.2, -0.15) is 0 Å². The first-order chi connectivity index (χ1) is 8.31. The largest absolute Gasteiger partial charge is 0.399 e. The van der Waals surface area contributed by atoms with Crippen molar-refractivity contribution in [3.63, 3.8) is 0 Å². The van der Waals surface area contributed by atoms with E-state index in [1.165, 1.54) is 0 Å². The SMILES string of the molecule is Nc1ccc2nc(NC3CCCOC3)[nH]c2c1. The van der Waals surface area contributed by atoms with E-state index in [1.807, 2.05) is 18.2 Å². The van der Waals surface area contributed by atoms with Gasteiger partial charge in [0.15, 0.2) is 0 Å². The summed E-state index contributed by atoms with van der Waals surface area (Å²) in [7, 11) is 0. The van der Waals surface area contributed by atoms with E-state index in [-0.39, 0.29) is 0 Å². The van der Waals surface area contributed by atoms with Crippen molar-refractivity contribution in [2.24, 2.45) is 0 Å². The Labute approximate surface area is 99.4 Å². The van der Waals surface area contributed by atoms with Gasteiger partial charge in [0.05, 0.1) is 23.7 Å². The fourth-order valence-corrected chi connectivity index (χ4v) is 2.14. The number of nitrogens with one attached hydrogen (secondary N) is 2. The highest BCUT2D eigenvalue weighted by molar-refractivity contribution is 5.80. The minimum Gasteiger partial charge on any atom is -0.399 e. The van der Waals surface area contributed by atoms with E-state index in [4.69, 9.17) is 10.5 Å². The average Bonchev–Trinajstić information content (AvgIpc) is 2.71. The number of nitrogens with zero attached hydrogens (tertiary/aromatic N) is 1. The number of fused-ring (bicyclic) bond motifs is 1. The topological polar surface area (TPSA) is 76.0 Å². The highest BCUT2D eigenvalue weighted by Crippen LogP contribution is 2.18. The van der Waals surface area contributed by atoms with Crippen LogP contribution in [0.1, 0.15) is 12.8 Å². The van der Waals surface area contributed by atoms with Gasteiger partial charge in [-0.05, 0) is 31.0 Å². The normalized spacial score (nSPS) is 20.6. The average molecular weight is 232 g/mol. The number of H-pyrrole nitrogens is 1. The zero-order valence-corrected chi connectivity index (χ0v) is 9.57. The second-order valence-electron chi connectivity index (χ2n) is 4.42. The van der Waals surface area contributed by atoms with Crippen molar-refractivity contribution in [2.45, 2.75) is 18.9 Å². The highest BCUT2D eigenvalue weighted by Gasteiger charge is 2.14. The smallest absolute Gasteiger partial charge is 0.201 e. The van der Waals surface area contributed by atoms with Gasteiger partial charge in [-0.15, -0.1) is 0 Å². The maximum atomic E-state index is 5.73. The van der Waals surface area contributed by atoms with E-state index >= 15 is 0 Å². The second kappa shape index (κ2) is 4.25. The molecule has 5 heteroatoms. The van der Waals surface area contributed by atoms with E-state index in [0.717, 1.165) is 48.7 Å². The van der Waals surface area contributed by atoms with Gasteiger partial charge >= 0.3 is 0 Å². The van der Waals surface area contributed by atoms with Gasteiger partial charge < -0.3 is 20.8 Å². The van der Waals surface area contributed by atoms with Crippen molar-refractivity contribution < 1.29 is 4.74 Å². The van der Waals surface area contributed by atoms with Crippen molar-refractivity contribution in [1.82, 2.24) is 9.97 Å². The number of rotatable bonds is 2. The third kappa shape index (κ3) is 2.19. The van der Waals surface area contributed by atoms with Crippen LogP contribution in [0.4, 0.5) is 11.6 Å². The van der Waals surface area contributed by atoms with Gasteiger partial charge in [-0.25, -0.2) is 4.98 Å². The van der Waals surface area contributed by atoms with Crippen molar-refractivity contribution in [2.75, 3.05) is 24.3 Å². The summed E-state index contributed by atoms with van der Waals surface area (Å²) in [4.78, 5) is 7.70. The molecule has 1 aliphatic heterocycles. The number of hydrogen-bond acceptors (Lipinski definition) is 4.